The van der Waals surface area contributed by atoms with Crippen LogP contribution in [0, 0.1) is 10.5 Å². The smallest absolute Gasteiger partial charge is 0.476 e. The van der Waals surface area contributed by atoms with Gasteiger partial charge in [0.15, 0.2) is 5.69 Å². The average Bonchev–Trinajstić information content (AvgIpc) is 2.07. The van der Waals surface area contributed by atoms with Crippen LogP contribution < -0.4 is 4.74 Å². The Labute approximate surface area is 102 Å². The second-order valence-electron chi connectivity index (χ2n) is 2.79. The maximum absolute atomic E-state index is 11.9. The van der Waals surface area contributed by atoms with Crippen LogP contribution in [0.5, 0.6) is 5.88 Å². The highest BCUT2D eigenvalue weighted by molar-refractivity contribution is 14.1. The lowest BCUT2D eigenvalue weighted by Gasteiger charge is -2.10. The molecular formula is C8H5F3INO3. The molecule has 0 aliphatic rings. The van der Waals surface area contributed by atoms with Crippen molar-refractivity contribution >= 4 is 28.6 Å². The number of hydrogen-bond acceptors (Lipinski definition) is 3. The number of carboxylic acid groups (broad SMARTS) is 1. The van der Waals surface area contributed by atoms with Crippen LogP contribution in [0.1, 0.15) is 16.1 Å². The van der Waals surface area contributed by atoms with Gasteiger partial charge in [0.25, 0.3) is 0 Å². The van der Waals surface area contributed by atoms with E-state index in [1.54, 1.807) is 22.6 Å². The molecule has 0 amide bonds. The van der Waals surface area contributed by atoms with Crippen molar-refractivity contribution in [2.75, 3.05) is 0 Å². The summed E-state index contributed by atoms with van der Waals surface area (Å²) in [5.74, 6) is -2.18. The van der Waals surface area contributed by atoms with E-state index in [0.29, 0.717) is 5.56 Å². The number of aryl methyl sites for hydroxylation is 1. The summed E-state index contributed by atoms with van der Waals surface area (Å²) in [7, 11) is 0. The first-order valence-corrected chi connectivity index (χ1v) is 4.95. The topological polar surface area (TPSA) is 59.4 Å². The van der Waals surface area contributed by atoms with E-state index in [1.807, 2.05) is 0 Å². The van der Waals surface area contributed by atoms with Crippen LogP contribution >= 0.6 is 22.6 Å². The molecule has 4 nitrogen and oxygen atoms in total. The summed E-state index contributed by atoms with van der Waals surface area (Å²) in [5.41, 5.74) is -0.105. The van der Waals surface area contributed by atoms with Gasteiger partial charge in [0.1, 0.15) is 0 Å². The number of aromatic nitrogens is 1. The summed E-state index contributed by atoms with van der Waals surface area (Å²) in [5, 5.41) is 8.71. The summed E-state index contributed by atoms with van der Waals surface area (Å²) < 4.78 is 39.5. The first-order chi connectivity index (χ1) is 7.20. The minimum absolute atomic E-state index is 0.277. The van der Waals surface area contributed by atoms with Crippen LogP contribution in [0.2, 0.25) is 0 Å². The Balaban J connectivity index is 3.19. The van der Waals surface area contributed by atoms with Gasteiger partial charge >= 0.3 is 12.3 Å². The fraction of sp³-hybridized carbons (Fsp3) is 0.250. The van der Waals surface area contributed by atoms with Gasteiger partial charge in [0.05, 0.1) is 0 Å². The molecule has 0 aliphatic heterocycles. The zero-order valence-corrected chi connectivity index (χ0v) is 9.96. The summed E-state index contributed by atoms with van der Waals surface area (Å²) >= 11 is 1.69. The van der Waals surface area contributed by atoms with Crippen molar-refractivity contribution in [3.8, 4) is 5.88 Å². The van der Waals surface area contributed by atoms with Gasteiger partial charge in [0, 0.05) is 9.64 Å². The summed E-state index contributed by atoms with van der Waals surface area (Å²) in [6.07, 6.45) is -4.89. The van der Waals surface area contributed by atoms with Crippen LogP contribution in [0.15, 0.2) is 6.07 Å². The van der Waals surface area contributed by atoms with Crippen molar-refractivity contribution in [2.24, 2.45) is 0 Å². The Hall–Kier alpha value is -1.06. The van der Waals surface area contributed by atoms with E-state index >= 15 is 0 Å². The van der Waals surface area contributed by atoms with E-state index in [-0.39, 0.29) is 3.57 Å². The molecule has 1 aromatic heterocycles. The van der Waals surface area contributed by atoms with Crippen LogP contribution in [-0.2, 0) is 0 Å². The largest absolute Gasteiger partial charge is 0.574 e. The number of ether oxygens (including phenoxy) is 1. The lowest BCUT2D eigenvalue weighted by molar-refractivity contribution is -0.276. The molecule has 0 unspecified atom stereocenters. The molecule has 8 heteroatoms. The minimum Gasteiger partial charge on any atom is -0.476 e. The molecule has 0 fully saturated rings. The molecule has 0 atom stereocenters. The van der Waals surface area contributed by atoms with Gasteiger partial charge < -0.3 is 9.84 Å². The molecule has 0 bridgehead atoms. The molecular weight excluding hydrogens is 342 g/mol. The minimum atomic E-state index is -4.89. The molecule has 0 aromatic carbocycles. The third-order valence-electron chi connectivity index (χ3n) is 1.54. The van der Waals surface area contributed by atoms with E-state index in [4.69, 9.17) is 5.11 Å². The SMILES string of the molecule is Cc1cc(OC(F)(F)F)nc(C(=O)O)c1I. The highest BCUT2D eigenvalue weighted by Crippen LogP contribution is 2.25. The third-order valence-corrected chi connectivity index (χ3v) is 2.90. The van der Waals surface area contributed by atoms with Gasteiger partial charge in [-0.2, -0.15) is 0 Å². The van der Waals surface area contributed by atoms with Gasteiger partial charge in [-0.1, -0.05) is 0 Å². The monoisotopic (exact) mass is 347 g/mol. The summed E-state index contributed by atoms with van der Waals surface area (Å²) in [6.45, 7) is 1.47. The van der Waals surface area contributed by atoms with Crippen molar-refractivity contribution < 1.29 is 27.8 Å². The van der Waals surface area contributed by atoms with Crippen molar-refractivity contribution in [1.82, 2.24) is 4.98 Å². The first kappa shape index (κ1) is 13.0. The van der Waals surface area contributed by atoms with Gasteiger partial charge in [-0.05, 0) is 35.1 Å². The van der Waals surface area contributed by atoms with Crippen molar-refractivity contribution in [1.29, 1.82) is 0 Å². The van der Waals surface area contributed by atoms with Crippen molar-refractivity contribution in [3.05, 3.63) is 20.9 Å². The van der Waals surface area contributed by atoms with E-state index in [2.05, 4.69) is 9.72 Å². The number of rotatable bonds is 2. The number of carboxylic acids is 1. The highest BCUT2D eigenvalue weighted by Gasteiger charge is 2.32. The number of alkyl halides is 3. The lowest BCUT2D eigenvalue weighted by atomic mass is 10.2. The molecule has 0 saturated heterocycles. The maximum atomic E-state index is 11.9. The molecule has 0 radical (unpaired) electrons. The molecule has 1 rings (SSSR count). The van der Waals surface area contributed by atoms with E-state index < -0.39 is 23.9 Å². The molecule has 1 aromatic rings. The molecule has 0 spiro atoms. The number of pyridine rings is 1. The second-order valence-corrected chi connectivity index (χ2v) is 3.87. The molecule has 16 heavy (non-hydrogen) atoms. The quantitative estimate of drug-likeness (QED) is 0.836. The fourth-order valence-electron chi connectivity index (χ4n) is 0.939. The van der Waals surface area contributed by atoms with Gasteiger partial charge in [0.2, 0.25) is 5.88 Å². The van der Waals surface area contributed by atoms with Crippen LogP contribution in [0.4, 0.5) is 13.2 Å². The second kappa shape index (κ2) is 4.44. The average molecular weight is 347 g/mol. The summed E-state index contributed by atoms with van der Waals surface area (Å²) in [4.78, 5) is 14.0. The fourth-order valence-corrected chi connectivity index (χ4v) is 1.45. The summed E-state index contributed by atoms with van der Waals surface area (Å²) in [6, 6.07) is 1.03. The van der Waals surface area contributed by atoms with E-state index in [0.717, 1.165) is 6.07 Å². The van der Waals surface area contributed by atoms with Crippen LogP contribution in [0.25, 0.3) is 0 Å². The van der Waals surface area contributed by atoms with Crippen LogP contribution in [-0.4, -0.2) is 22.4 Å². The number of carbonyl (C=O) groups is 1. The normalized spacial score (nSPS) is 11.3. The Bertz CT molecular complexity index is 433. The van der Waals surface area contributed by atoms with Crippen molar-refractivity contribution in [2.45, 2.75) is 13.3 Å². The predicted octanol–water partition coefficient (Wildman–Crippen LogP) is 2.59. The molecule has 88 valence electrons. The highest BCUT2D eigenvalue weighted by atomic mass is 127. The third kappa shape index (κ3) is 3.22. The van der Waals surface area contributed by atoms with Gasteiger partial charge in [-0.15, -0.1) is 13.2 Å². The van der Waals surface area contributed by atoms with Gasteiger partial charge in [-0.3, -0.25) is 0 Å². The Kier molecular flexibility index (Phi) is 3.61. The molecule has 1 N–H and O–H groups in total. The predicted molar refractivity (Wildman–Crippen MR) is 55.3 cm³/mol. The number of halogens is 4. The zero-order chi connectivity index (χ0) is 12.5. The van der Waals surface area contributed by atoms with Crippen molar-refractivity contribution in [3.63, 3.8) is 0 Å². The van der Waals surface area contributed by atoms with Gasteiger partial charge in [-0.25, -0.2) is 9.78 Å². The standard InChI is InChI=1S/C8H5F3INO3/c1-3-2-4(16-8(9,10)11)13-6(5(3)12)7(14)15/h2H,1H3,(H,14,15). The van der Waals surface area contributed by atoms with Crippen LogP contribution in [0.3, 0.4) is 0 Å². The Morgan fingerprint density at radius 1 is 1.56 bits per heavy atom. The molecule has 0 aliphatic carbocycles. The number of aromatic carboxylic acids is 1. The zero-order valence-electron chi connectivity index (χ0n) is 7.80. The maximum Gasteiger partial charge on any atom is 0.574 e. The Morgan fingerprint density at radius 2 is 2.12 bits per heavy atom. The molecule has 1 heterocycles. The first-order valence-electron chi connectivity index (χ1n) is 3.87. The number of nitrogens with zero attached hydrogens (tertiary/aromatic N) is 1. The lowest BCUT2D eigenvalue weighted by Crippen LogP contribution is -2.19. The van der Waals surface area contributed by atoms with E-state index in [9.17, 15) is 18.0 Å². The molecule has 0 saturated carbocycles. The van der Waals surface area contributed by atoms with E-state index in [1.165, 1.54) is 6.92 Å². The number of hydrogen-bond donors (Lipinski definition) is 1. The Morgan fingerprint density at radius 3 is 2.56 bits per heavy atom.